The fourth-order valence-electron chi connectivity index (χ4n) is 2.45. The van der Waals surface area contributed by atoms with Gasteiger partial charge in [0.1, 0.15) is 11.6 Å². The number of benzene rings is 2. The summed E-state index contributed by atoms with van der Waals surface area (Å²) >= 11 is 3.17. The summed E-state index contributed by atoms with van der Waals surface area (Å²) in [5, 5.41) is 6.70. The number of hydrogen-bond acceptors (Lipinski definition) is 2. The van der Waals surface area contributed by atoms with Gasteiger partial charge in [-0.3, -0.25) is 4.79 Å². The molecular weight excluding hydrogens is 430 g/mol. The van der Waals surface area contributed by atoms with Gasteiger partial charge in [-0.05, 0) is 59.3 Å². The lowest BCUT2D eigenvalue weighted by Crippen LogP contribution is -2.16. The second-order valence-electron chi connectivity index (χ2n) is 5.71. The minimum absolute atomic E-state index is 0.0458. The first-order valence-electron chi connectivity index (χ1n) is 7.66. The van der Waals surface area contributed by atoms with E-state index in [0.717, 1.165) is 18.2 Å². The van der Waals surface area contributed by atoms with Crippen LogP contribution in [0.2, 0.25) is 0 Å². The lowest BCUT2D eigenvalue weighted by molar-refractivity contribution is -0.137. The van der Waals surface area contributed by atoms with Crippen LogP contribution in [0.1, 0.15) is 21.6 Å². The third-order valence-corrected chi connectivity index (χ3v) is 4.36. The molecule has 0 aliphatic heterocycles. The summed E-state index contributed by atoms with van der Waals surface area (Å²) in [7, 11) is 0. The maximum atomic E-state index is 13.4. The number of hydrogen-bond donors (Lipinski definition) is 1. The first kappa shape index (κ1) is 19.1. The molecule has 9 heteroatoms. The first-order chi connectivity index (χ1) is 12.6. The number of rotatable bonds is 3. The maximum Gasteiger partial charge on any atom is 0.416 e. The zero-order chi connectivity index (χ0) is 19.8. The van der Waals surface area contributed by atoms with Crippen molar-refractivity contribution in [2.75, 3.05) is 5.32 Å². The fourth-order valence-corrected chi connectivity index (χ4v) is 2.88. The Morgan fingerprint density at radius 1 is 1.15 bits per heavy atom. The largest absolute Gasteiger partial charge is 0.416 e. The lowest BCUT2D eigenvalue weighted by atomic mass is 10.2. The number of nitrogens with zero attached hydrogens (tertiary/aromatic N) is 2. The molecule has 3 aromatic rings. The monoisotopic (exact) mass is 441 g/mol. The topological polar surface area (TPSA) is 46.9 Å². The van der Waals surface area contributed by atoms with Crippen LogP contribution in [0.25, 0.3) is 5.69 Å². The third kappa shape index (κ3) is 4.19. The summed E-state index contributed by atoms with van der Waals surface area (Å²) in [5.74, 6) is -1.06. The first-order valence-corrected chi connectivity index (χ1v) is 8.45. The minimum atomic E-state index is -4.51. The van der Waals surface area contributed by atoms with Gasteiger partial charge in [0.05, 0.1) is 22.5 Å². The van der Waals surface area contributed by atoms with Crippen LogP contribution < -0.4 is 5.32 Å². The van der Waals surface area contributed by atoms with Gasteiger partial charge >= 0.3 is 6.18 Å². The van der Waals surface area contributed by atoms with E-state index in [1.54, 1.807) is 6.92 Å². The molecule has 0 bridgehead atoms. The normalized spacial score (nSPS) is 11.5. The SMILES string of the molecule is Cc1cc(NC(=O)c2cc(F)ccc2Br)n(-c2cccc(C(F)(F)F)c2)n1. The molecule has 0 spiro atoms. The van der Waals surface area contributed by atoms with Crippen LogP contribution in [0.4, 0.5) is 23.4 Å². The van der Waals surface area contributed by atoms with Crippen molar-refractivity contribution in [1.29, 1.82) is 0 Å². The van der Waals surface area contributed by atoms with E-state index in [4.69, 9.17) is 0 Å². The van der Waals surface area contributed by atoms with Gasteiger partial charge in [0, 0.05) is 10.5 Å². The number of aromatic nitrogens is 2. The van der Waals surface area contributed by atoms with E-state index in [-0.39, 0.29) is 17.1 Å². The van der Waals surface area contributed by atoms with Gasteiger partial charge < -0.3 is 5.32 Å². The molecule has 0 saturated carbocycles. The summed E-state index contributed by atoms with van der Waals surface area (Å²) in [6, 6.07) is 9.71. The number of halogens is 5. The minimum Gasteiger partial charge on any atom is -0.306 e. The third-order valence-electron chi connectivity index (χ3n) is 3.66. The lowest BCUT2D eigenvalue weighted by Gasteiger charge is -2.12. The molecule has 0 aliphatic carbocycles. The number of nitrogens with one attached hydrogen (secondary N) is 1. The summed E-state index contributed by atoms with van der Waals surface area (Å²) < 4.78 is 53.9. The van der Waals surface area contributed by atoms with E-state index in [9.17, 15) is 22.4 Å². The number of carbonyl (C=O) groups excluding carboxylic acids is 1. The van der Waals surface area contributed by atoms with Crippen LogP contribution in [-0.4, -0.2) is 15.7 Å². The number of amides is 1. The molecular formula is C18H12BrF4N3O. The van der Waals surface area contributed by atoms with Crippen molar-refractivity contribution < 1.29 is 22.4 Å². The van der Waals surface area contributed by atoms with Crippen molar-refractivity contribution in [2.24, 2.45) is 0 Å². The Bertz CT molecular complexity index is 1010. The Balaban J connectivity index is 1.98. The molecule has 0 unspecified atom stereocenters. The summed E-state index contributed by atoms with van der Waals surface area (Å²) in [5.41, 5.74) is -0.171. The molecule has 1 amide bonds. The van der Waals surface area contributed by atoms with Crippen LogP contribution in [0.3, 0.4) is 0 Å². The van der Waals surface area contributed by atoms with Crippen LogP contribution in [0.5, 0.6) is 0 Å². The van der Waals surface area contributed by atoms with E-state index in [2.05, 4.69) is 26.3 Å². The molecule has 3 rings (SSSR count). The Labute approximate surface area is 159 Å². The molecule has 27 heavy (non-hydrogen) atoms. The van der Waals surface area contributed by atoms with Crippen molar-refractivity contribution in [3.05, 3.63) is 75.6 Å². The Hall–Kier alpha value is -2.68. The van der Waals surface area contributed by atoms with Crippen molar-refractivity contribution in [3.63, 3.8) is 0 Å². The van der Waals surface area contributed by atoms with Gasteiger partial charge in [0.15, 0.2) is 0 Å². The Morgan fingerprint density at radius 3 is 2.59 bits per heavy atom. The maximum absolute atomic E-state index is 13.4. The number of alkyl halides is 3. The molecule has 1 N–H and O–H groups in total. The standard InChI is InChI=1S/C18H12BrF4N3O/c1-10-7-16(24-17(27)14-9-12(20)5-6-15(14)19)26(25-10)13-4-2-3-11(8-13)18(21,22)23/h2-9H,1H3,(H,24,27). The number of anilines is 1. The fraction of sp³-hybridized carbons (Fsp3) is 0.111. The van der Waals surface area contributed by atoms with Gasteiger partial charge in [-0.15, -0.1) is 0 Å². The predicted octanol–water partition coefficient (Wildman–Crippen LogP) is 5.35. The summed E-state index contributed by atoms with van der Waals surface area (Å²) in [6.45, 7) is 1.64. The molecule has 2 aromatic carbocycles. The zero-order valence-corrected chi connectivity index (χ0v) is 15.4. The number of carbonyl (C=O) groups is 1. The highest BCUT2D eigenvalue weighted by molar-refractivity contribution is 9.10. The average Bonchev–Trinajstić information content (AvgIpc) is 2.96. The molecule has 1 heterocycles. The molecule has 140 valence electrons. The highest BCUT2D eigenvalue weighted by Crippen LogP contribution is 2.31. The second kappa shape index (κ2) is 7.15. The second-order valence-corrected chi connectivity index (χ2v) is 6.56. The summed E-state index contributed by atoms with van der Waals surface area (Å²) in [6.07, 6.45) is -4.51. The molecule has 4 nitrogen and oxygen atoms in total. The van der Waals surface area contributed by atoms with Gasteiger partial charge in [-0.2, -0.15) is 18.3 Å². The quantitative estimate of drug-likeness (QED) is 0.556. The van der Waals surface area contributed by atoms with E-state index in [1.807, 2.05) is 0 Å². The van der Waals surface area contributed by atoms with E-state index < -0.39 is 23.5 Å². The van der Waals surface area contributed by atoms with Crippen LogP contribution in [0, 0.1) is 12.7 Å². The Kier molecular flexibility index (Phi) is 5.05. The zero-order valence-electron chi connectivity index (χ0n) is 13.8. The highest BCUT2D eigenvalue weighted by Gasteiger charge is 2.30. The molecule has 0 radical (unpaired) electrons. The molecule has 0 fully saturated rings. The van der Waals surface area contributed by atoms with Gasteiger partial charge in [0.25, 0.3) is 5.91 Å². The van der Waals surface area contributed by atoms with Crippen LogP contribution >= 0.6 is 15.9 Å². The van der Waals surface area contributed by atoms with E-state index in [1.165, 1.54) is 35.0 Å². The van der Waals surface area contributed by atoms with Gasteiger partial charge in [-0.25, -0.2) is 9.07 Å². The molecule has 0 saturated heterocycles. The average molecular weight is 442 g/mol. The number of aryl methyl sites for hydroxylation is 1. The van der Waals surface area contributed by atoms with Crippen molar-refractivity contribution in [1.82, 2.24) is 9.78 Å². The Morgan fingerprint density at radius 2 is 1.89 bits per heavy atom. The van der Waals surface area contributed by atoms with Crippen molar-refractivity contribution >= 4 is 27.7 Å². The molecule has 1 aromatic heterocycles. The highest BCUT2D eigenvalue weighted by atomic mass is 79.9. The predicted molar refractivity (Wildman–Crippen MR) is 95.4 cm³/mol. The van der Waals surface area contributed by atoms with Crippen molar-refractivity contribution in [3.8, 4) is 5.69 Å². The summed E-state index contributed by atoms with van der Waals surface area (Å²) in [4.78, 5) is 12.5. The van der Waals surface area contributed by atoms with Crippen LogP contribution in [-0.2, 0) is 6.18 Å². The van der Waals surface area contributed by atoms with Crippen molar-refractivity contribution in [2.45, 2.75) is 13.1 Å². The van der Waals surface area contributed by atoms with Gasteiger partial charge in [0.2, 0.25) is 0 Å². The van der Waals surface area contributed by atoms with Gasteiger partial charge in [-0.1, -0.05) is 6.07 Å². The van der Waals surface area contributed by atoms with E-state index in [0.29, 0.717) is 10.2 Å². The molecule has 0 atom stereocenters. The smallest absolute Gasteiger partial charge is 0.306 e. The van der Waals surface area contributed by atoms with E-state index >= 15 is 0 Å². The molecule has 0 aliphatic rings. The van der Waals surface area contributed by atoms with Crippen LogP contribution in [0.15, 0.2) is 53.0 Å².